The van der Waals surface area contributed by atoms with Crippen LogP contribution in [0.4, 0.5) is 0 Å². The summed E-state index contributed by atoms with van der Waals surface area (Å²) < 4.78 is 4.33. The van der Waals surface area contributed by atoms with Crippen molar-refractivity contribution in [2.75, 3.05) is 7.11 Å². The van der Waals surface area contributed by atoms with Gasteiger partial charge in [0.1, 0.15) is 10.5 Å². The second kappa shape index (κ2) is 6.01. The molecule has 0 saturated heterocycles. The summed E-state index contributed by atoms with van der Waals surface area (Å²) in [6.45, 7) is 1.84. The average molecular weight is 287 g/mol. The van der Waals surface area contributed by atoms with Crippen LogP contribution in [0, 0.1) is 0 Å². The zero-order valence-corrected chi connectivity index (χ0v) is 12.3. The standard InChI is InChI=1S/C16H17NO2S/c1-16(15(17)18,20-14-6-4-3-5-7-14)12-8-10-13(19-2)11-9-12/h3-11H,1-2H3,(H2,17,18). The highest BCUT2D eigenvalue weighted by molar-refractivity contribution is 8.01. The van der Waals surface area contributed by atoms with Gasteiger partial charge >= 0.3 is 0 Å². The maximum absolute atomic E-state index is 12.0. The highest BCUT2D eigenvalue weighted by Crippen LogP contribution is 2.41. The van der Waals surface area contributed by atoms with Crippen molar-refractivity contribution in [2.24, 2.45) is 5.73 Å². The molecule has 1 unspecified atom stereocenters. The molecule has 0 fully saturated rings. The topological polar surface area (TPSA) is 52.3 Å². The average Bonchev–Trinajstić information content (AvgIpc) is 2.48. The van der Waals surface area contributed by atoms with Crippen molar-refractivity contribution in [3.63, 3.8) is 0 Å². The molecule has 2 N–H and O–H groups in total. The van der Waals surface area contributed by atoms with Crippen LogP contribution in [0.5, 0.6) is 5.75 Å². The van der Waals surface area contributed by atoms with Crippen LogP contribution in [-0.2, 0) is 9.54 Å². The van der Waals surface area contributed by atoms with Gasteiger partial charge in [0.25, 0.3) is 0 Å². The monoisotopic (exact) mass is 287 g/mol. The van der Waals surface area contributed by atoms with E-state index in [4.69, 9.17) is 10.5 Å². The molecule has 1 atom stereocenters. The third-order valence-corrected chi connectivity index (χ3v) is 4.53. The van der Waals surface area contributed by atoms with Crippen molar-refractivity contribution in [1.82, 2.24) is 0 Å². The van der Waals surface area contributed by atoms with Gasteiger partial charge in [0.15, 0.2) is 0 Å². The van der Waals surface area contributed by atoms with Gasteiger partial charge in [-0.15, -0.1) is 11.8 Å². The van der Waals surface area contributed by atoms with Crippen LogP contribution in [0.1, 0.15) is 12.5 Å². The van der Waals surface area contributed by atoms with E-state index in [-0.39, 0.29) is 5.91 Å². The Morgan fingerprint density at radius 1 is 1.10 bits per heavy atom. The van der Waals surface area contributed by atoms with Crippen molar-refractivity contribution in [1.29, 1.82) is 0 Å². The molecule has 4 heteroatoms. The van der Waals surface area contributed by atoms with E-state index in [1.807, 2.05) is 61.5 Å². The van der Waals surface area contributed by atoms with Crippen molar-refractivity contribution >= 4 is 17.7 Å². The molecule has 0 bridgehead atoms. The number of primary amides is 1. The number of methoxy groups -OCH3 is 1. The summed E-state index contributed by atoms with van der Waals surface area (Å²) in [6, 6.07) is 17.2. The van der Waals surface area contributed by atoms with Crippen LogP contribution in [0.3, 0.4) is 0 Å². The fourth-order valence-electron chi connectivity index (χ4n) is 1.88. The molecule has 0 heterocycles. The minimum absolute atomic E-state index is 0.364. The normalized spacial score (nSPS) is 13.5. The van der Waals surface area contributed by atoms with Crippen molar-refractivity contribution in [2.45, 2.75) is 16.6 Å². The first kappa shape index (κ1) is 14.5. The fraction of sp³-hybridized carbons (Fsp3) is 0.188. The number of ether oxygens (including phenoxy) is 1. The molecule has 0 saturated carbocycles. The quantitative estimate of drug-likeness (QED) is 0.859. The SMILES string of the molecule is COc1ccc(C(C)(Sc2ccccc2)C(N)=O)cc1. The number of amides is 1. The zero-order valence-electron chi connectivity index (χ0n) is 11.5. The molecule has 0 aliphatic heterocycles. The molecule has 0 radical (unpaired) electrons. The van der Waals surface area contributed by atoms with Crippen LogP contribution in [0.25, 0.3) is 0 Å². The Labute approximate surface area is 123 Å². The molecule has 3 nitrogen and oxygen atoms in total. The fourth-order valence-corrected chi connectivity index (χ4v) is 3.00. The molecule has 0 aromatic heterocycles. The number of carbonyl (C=O) groups is 1. The first-order chi connectivity index (χ1) is 9.56. The Bertz CT molecular complexity index is 583. The number of carbonyl (C=O) groups excluding carboxylic acids is 1. The molecule has 20 heavy (non-hydrogen) atoms. The third kappa shape index (κ3) is 2.96. The maximum atomic E-state index is 12.0. The molecular formula is C16H17NO2S. The van der Waals surface area contributed by atoms with E-state index in [2.05, 4.69) is 0 Å². The maximum Gasteiger partial charge on any atom is 0.238 e. The van der Waals surface area contributed by atoms with Gasteiger partial charge in [0.2, 0.25) is 5.91 Å². The lowest BCUT2D eigenvalue weighted by Crippen LogP contribution is -2.35. The van der Waals surface area contributed by atoms with Gasteiger partial charge in [-0.25, -0.2) is 0 Å². The number of hydrogen-bond donors (Lipinski definition) is 1. The zero-order chi connectivity index (χ0) is 14.6. The lowest BCUT2D eigenvalue weighted by Gasteiger charge is -2.26. The smallest absolute Gasteiger partial charge is 0.238 e. The molecule has 2 rings (SSSR count). The molecule has 2 aromatic rings. The van der Waals surface area contributed by atoms with E-state index in [0.29, 0.717) is 0 Å². The van der Waals surface area contributed by atoms with Crippen LogP contribution < -0.4 is 10.5 Å². The minimum atomic E-state index is -0.812. The lowest BCUT2D eigenvalue weighted by atomic mass is 9.99. The summed E-state index contributed by atoms with van der Waals surface area (Å²) in [5.41, 5.74) is 6.49. The summed E-state index contributed by atoms with van der Waals surface area (Å²) in [5.74, 6) is 0.391. The van der Waals surface area contributed by atoms with Crippen LogP contribution >= 0.6 is 11.8 Å². The van der Waals surface area contributed by atoms with E-state index >= 15 is 0 Å². The van der Waals surface area contributed by atoms with Gasteiger partial charge in [-0.05, 0) is 36.8 Å². The molecule has 0 spiro atoms. The second-order valence-electron chi connectivity index (χ2n) is 4.54. The van der Waals surface area contributed by atoms with Crippen LogP contribution in [0.2, 0.25) is 0 Å². The summed E-state index contributed by atoms with van der Waals surface area (Å²) >= 11 is 1.45. The Morgan fingerprint density at radius 3 is 2.20 bits per heavy atom. The molecule has 1 amide bonds. The Balaban J connectivity index is 2.35. The Morgan fingerprint density at radius 2 is 1.70 bits per heavy atom. The molecule has 0 aliphatic carbocycles. The van der Waals surface area contributed by atoms with Gasteiger partial charge < -0.3 is 10.5 Å². The predicted octanol–water partition coefficient (Wildman–Crippen LogP) is 3.19. The van der Waals surface area contributed by atoms with Gasteiger partial charge in [-0.3, -0.25) is 4.79 Å². The highest BCUT2D eigenvalue weighted by atomic mass is 32.2. The van der Waals surface area contributed by atoms with Gasteiger partial charge in [-0.1, -0.05) is 30.3 Å². The third-order valence-electron chi connectivity index (χ3n) is 3.18. The van der Waals surface area contributed by atoms with Crippen molar-refractivity contribution < 1.29 is 9.53 Å². The predicted molar refractivity (Wildman–Crippen MR) is 81.8 cm³/mol. The summed E-state index contributed by atoms with van der Waals surface area (Å²) in [5, 5.41) is 0. The largest absolute Gasteiger partial charge is 0.497 e. The van der Waals surface area contributed by atoms with E-state index in [1.165, 1.54) is 11.8 Å². The van der Waals surface area contributed by atoms with Crippen LogP contribution in [-0.4, -0.2) is 13.0 Å². The molecular weight excluding hydrogens is 270 g/mol. The molecule has 2 aromatic carbocycles. The Kier molecular flexibility index (Phi) is 4.35. The van der Waals surface area contributed by atoms with E-state index in [1.54, 1.807) is 7.11 Å². The number of nitrogens with two attached hydrogens (primary N) is 1. The van der Waals surface area contributed by atoms with Crippen LogP contribution in [0.15, 0.2) is 59.5 Å². The summed E-state index contributed by atoms with van der Waals surface area (Å²) in [6.07, 6.45) is 0. The first-order valence-corrected chi connectivity index (χ1v) is 7.06. The minimum Gasteiger partial charge on any atom is -0.497 e. The van der Waals surface area contributed by atoms with Gasteiger partial charge in [-0.2, -0.15) is 0 Å². The lowest BCUT2D eigenvalue weighted by molar-refractivity contribution is -0.120. The number of rotatable bonds is 5. The van der Waals surface area contributed by atoms with Gasteiger partial charge in [0.05, 0.1) is 7.11 Å². The summed E-state index contributed by atoms with van der Waals surface area (Å²) in [7, 11) is 1.61. The van der Waals surface area contributed by atoms with E-state index < -0.39 is 4.75 Å². The number of thioether (sulfide) groups is 1. The van der Waals surface area contributed by atoms with Crippen molar-refractivity contribution in [3.05, 3.63) is 60.2 Å². The molecule has 104 valence electrons. The summed E-state index contributed by atoms with van der Waals surface area (Å²) in [4.78, 5) is 13.0. The van der Waals surface area contributed by atoms with E-state index in [0.717, 1.165) is 16.2 Å². The van der Waals surface area contributed by atoms with E-state index in [9.17, 15) is 4.79 Å². The molecule has 0 aliphatic rings. The Hall–Kier alpha value is -1.94. The highest BCUT2D eigenvalue weighted by Gasteiger charge is 2.34. The van der Waals surface area contributed by atoms with Crippen molar-refractivity contribution in [3.8, 4) is 5.75 Å². The number of hydrogen-bond acceptors (Lipinski definition) is 3. The second-order valence-corrected chi connectivity index (χ2v) is 6.03. The first-order valence-electron chi connectivity index (χ1n) is 6.25. The number of benzene rings is 2. The van der Waals surface area contributed by atoms with Gasteiger partial charge in [0, 0.05) is 4.90 Å².